The molecule has 3 aromatic rings. The molecule has 0 radical (unpaired) electrons. The second-order valence-electron chi connectivity index (χ2n) is 7.32. The number of halogens is 1. The summed E-state index contributed by atoms with van der Waals surface area (Å²) in [5, 5.41) is 0.662. The molecule has 0 aliphatic carbocycles. The number of fused-ring (bicyclic) bond motifs is 1. The van der Waals surface area contributed by atoms with E-state index in [4.69, 9.17) is 25.8 Å². The molecule has 160 valence electrons. The van der Waals surface area contributed by atoms with Crippen LogP contribution in [0.15, 0.2) is 60.7 Å². The van der Waals surface area contributed by atoms with E-state index in [0.717, 1.165) is 17.5 Å². The number of hydrogen-bond donors (Lipinski definition) is 0. The zero-order chi connectivity index (χ0) is 22.0. The maximum absolute atomic E-state index is 13.7. The lowest BCUT2D eigenvalue weighted by Crippen LogP contribution is -2.40. The maximum Gasteiger partial charge on any atom is 0.254 e. The third-order valence-electron chi connectivity index (χ3n) is 5.64. The predicted molar refractivity (Wildman–Crippen MR) is 121 cm³/mol. The number of benzene rings is 3. The second kappa shape index (κ2) is 8.90. The first-order valence-corrected chi connectivity index (χ1v) is 10.4. The van der Waals surface area contributed by atoms with Crippen molar-refractivity contribution >= 4 is 17.5 Å². The molecule has 0 N–H and O–H groups in total. The van der Waals surface area contributed by atoms with Gasteiger partial charge in [0, 0.05) is 17.1 Å². The van der Waals surface area contributed by atoms with Gasteiger partial charge >= 0.3 is 0 Å². The van der Waals surface area contributed by atoms with Crippen molar-refractivity contribution in [3.63, 3.8) is 0 Å². The molecule has 31 heavy (non-hydrogen) atoms. The lowest BCUT2D eigenvalue weighted by molar-refractivity contribution is 0.0693. The van der Waals surface area contributed by atoms with Crippen LogP contribution >= 0.6 is 11.6 Å². The van der Waals surface area contributed by atoms with Crippen LogP contribution in [0.25, 0.3) is 0 Å². The van der Waals surface area contributed by atoms with Gasteiger partial charge in [0.2, 0.25) is 5.75 Å². The summed E-state index contributed by atoms with van der Waals surface area (Å²) in [5.41, 5.74) is 3.86. The van der Waals surface area contributed by atoms with Crippen molar-refractivity contribution in [2.75, 3.05) is 27.9 Å². The van der Waals surface area contributed by atoms with Gasteiger partial charge in [0.25, 0.3) is 5.91 Å². The lowest BCUT2D eigenvalue weighted by Gasteiger charge is -2.38. The minimum atomic E-state index is -0.214. The first-order chi connectivity index (χ1) is 15.1. The Labute approximate surface area is 187 Å². The molecular weight excluding hydrogens is 414 g/mol. The van der Waals surface area contributed by atoms with Gasteiger partial charge in [-0.2, -0.15) is 0 Å². The molecule has 0 fully saturated rings. The number of rotatable bonds is 5. The highest BCUT2D eigenvalue weighted by Crippen LogP contribution is 2.41. The predicted octanol–water partition coefficient (Wildman–Crippen LogP) is 5.15. The first kappa shape index (κ1) is 21.1. The number of carbonyl (C=O) groups is 1. The van der Waals surface area contributed by atoms with Crippen molar-refractivity contribution in [1.82, 2.24) is 4.90 Å². The smallest absolute Gasteiger partial charge is 0.254 e. The van der Waals surface area contributed by atoms with Gasteiger partial charge in [0.15, 0.2) is 11.5 Å². The molecule has 1 amide bonds. The Hall–Kier alpha value is -3.18. The Kier molecular flexibility index (Phi) is 6.05. The summed E-state index contributed by atoms with van der Waals surface area (Å²) in [6.45, 7) is 0.597. The number of amides is 1. The molecule has 0 aromatic heterocycles. The molecule has 6 heteroatoms. The molecule has 0 spiro atoms. The van der Waals surface area contributed by atoms with Gasteiger partial charge in [-0.25, -0.2) is 0 Å². The van der Waals surface area contributed by atoms with Crippen molar-refractivity contribution in [1.29, 1.82) is 0 Å². The highest BCUT2D eigenvalue weighted by molar-refractivity contribution is 6.30. The SMILES string of the molecule is COc1cc(C(=O)N2CCc3ccccc3[C@H]2c2ccc(Cl)cc2)cc(OC)c1OC. The molecule has 0 saturated carbocycles. The second-order valence-corrected chi connectivity index (χ2v) is 7.75. The van der Waals surface area contributed by atoms with Gasteiger partial charge in [-0.3, -0.25) is 4.79 Å². The fraction of sp³-hybridized carbons (Fsp3) is 0.240. The molecule has 0 saturated heterocycles. The average Bonchev–Trinajstić information content (AvgIpc) is 2.82. The largest absolute Gasteiger partial charge is 0.493 e. The van der Waals surface area contributed by atoms with Crippen LogP contribution in [0, 0.1) is 0 Å². The van der Waals surface area contributed by atoms with Crippen LogP contribution < -0.4 is 14.2 Å². The summed E-state index contributed by atoms with van der Waals surface area (Å²) in [7, 11) is 4.62. The molecule has 1 aliphatic rings. The topological polar surface area (TPSA) is 48.0 Å². The fourth-order valence-electron chi connectivity index (χ4n) is 4.16. The van der Waals surface area contributed by atoms with Gasteiger partial charge < -0.3 is 19.1 Å². The average molecular weight is 438 g/mol. The number of methoxy groups -OCH3 is 3. The quantitative estimate of drug-likeness (QED) is 0.553. The van der Waals surface area contributed by atoms with Crippen molar-refractivity contribution in [3.8, 4) is 17.2 Å². The van der Waals surface area contributed by atoms with Crippen LogP contribution in [0.5, 0.6) is 17.2 Å². The first-order valence-electron chi connectivity index (χ1n) is 10.0. The van der Waals surface area contributed by atoms with Crippen LogP contribution in [0.1, 0.15) is 33.1 Å². The molecular formula is C25H24ClNO4. The van der Waals surface area contributed by atoms with Gasteiger partial charge in [-0.15, -0.1) is 0 Å². The molecule has 3 aromatic carbocycles. The lowest BCUT2D eigenvalue weighted by atomic mass is 9.87. The van der Waals surface area contributed by atoms with E-state index in [2.05, 4.69) is 12.1 Å². The third kappa shape index (κ3) is 3.93. The van der Waals surface area contributed by atoms with E-state index in [1.165, 1.54) is 5.56 Å². The van der Waals surface area contributed by atoms with E-state index in [0.29, 0.717) is 34.4 Å². The fourth-order valence-corrected chi connectivity index (χ4v) is 4.29. The maximum atomic E-state index is 13.7. The van der Waals surface area contributed by atoms with E-state index in [1.807, 2.05) is 41.3 Å². The van der Waals surface area contributed by atoms with E-state index >= 15 is 0 Å². The summed E-state index contributed by atoms with van der Waals surface area (Å²) in [4.78, 5) is 15.6. The summed E-state index contributed by atoms with van der Waals surface area (Å²) < 4.78 is 16.3. The molecule has 1 aliphatic heterocycles. The van der Waals surface area contributed by atoms with E-state index < -0.39 is 0 Å². The Morgan fingerprint density at radius 2 is 1.58 bits per heavy atom. The van der Waals surface area contributed by atoms with Crippen LogP contribution in [-0.4, -0.2) is 38.7 Å². The van der Waals surface area contributed by atoms with Gasteiger partial charge in [0.05, 0.1) is 27.4 Å². The molecule has 1 heterocycles. The molecule has 5 nitrogen and oxygen atoms in total. The Bertz CT molecular complexity index is 1070. The van der Waals surface area contributed by atoms with Crippen molar-refractivity contribution < 1.29 is 19.0 Å². The van der Waals surface area contributed by atoms with Crippen LogP contribution in [0.4, 0.5) is 0 Å². The molecule has 4 rings (SSSR count). The van der Waals surface area contributed by atoms with Gasteiger partial charge in [-0.1, -0.05) is 48.0 Å². The van der Waals surface area contributed by atoms with E-state index in [9.17, 15) is 4.79 Å². The summed E-state index contributed by atoms with van der Waals surface area (Å²) in [6.07, 6.45) is 0.788. The Morgan fingerprint density at radius 3 is 2.19 bits per heavy atom. The van der Waals surface area contributed by atoms with Crippen molar-refractivity contribution in [2.45, 2.75) is 12.5 Å². The monoisotopic (exact) mass is 437 g/mol. The molecule has 1 atom stereocenters. The van der Waals surface area contributed by atoms with Crippen LogP contribution in [0.3, 0.4) is 0 Å². The highest BCUT2D eigenvalue weighted by atomic mass is 35.5. The number of carbonyl (C=O) groups excluding carboxylic acids is 1. The number of nitrogens with zero attached hydrogens (tertiary/aromatic N) is 1. The Morgan fingerprint density at radius 1 is 0.935 bits per heavy atom. The highest BCUT2D eigenvalue weighted by Gasteiger charge is 2.33. The minimum absolute atomic E-state index is 0.103. The third-order valence-corrected chi connectivity index (χ3v) is 5.89. The molecule has 0 bridgehead atoms. The summed E-state index contributed by atoms with van der Waals surface area (Å²) in [6, 6.07) is 19.1. The zero-order valence-corrected chi connectivity index (χ0v) is 18.5. The zero-order valence-electron chi connectivity index (χ0n) is 17.7. The van der Waals surface area contributed by atoms with Crippen molar-refractivity contribution in [3.05, 3.63) is 87.9 Å². The standard InChI is InChI=1S/C25H24ClNO4/c1-29-21-14-18(15-22(30-2)24(21)31-3)25(28)27-13-12-16-6-4-5-7-20(16)23(27)17-8-10-19(26)11-9-17/h4-11,14-15,23H,12-13H2,1-3H3/t23-/m1/s1. The summed E-state index contributed by atoms with van der Waals surface area (Å²) >= 11 is 6.12. The van der Waals surface area contributed by atoms with Crippen LogP contribution in [0.2, 0.25) is 5.02 Å². The Balaban J connectivity index is 1.80. The number of ether oxygens (including phenoxy) is 3. The van der Waals surface area contributed by atoms with Crippen molar-refractivity contribution in [2.24, 2.45) is 0 Å². The molecule has 0 unspecified atom stereocenters. The normalized spacial score (nSPS) is 15.2. The van der Waals surface area contributed by atoms with Gasteiger partial charge in [-0.05, 0) is 47.4 Å². The summed E-state index contributed by atoms with van der Waals surface area (Å²) in [5.74, 6) is 1.25. The van der Waals surface area contributed by atoms with E-state index in [-0.39, 0.29) is 11.9 Å². The number of hydrogen-bond acceptors (Lipinski definition) is 4. The van der Waals surface area contributed by atoms with E-state index in [1.54, 1.807) is 33.5 Å². The minimum Gasteiger partial charge on any atom is -0.493 e. The van der Waals surface area contributed by atoms with Gasteiger partial charge in [0.1, 0.15) is 0 Å². The van der Waals surface area contributed by atoms with Crippen LogP contribution in [-0.2, 0) is 6.42 Å².